The molecule has 2 aromatic carbocycles. The summed E-state index contributed by atoms with van der Waals surface area (Å²) in [7, 11) is 1.39. The maximum atomic E-state index is 13.0. The fourth-order valence-electron chi connectivity index (χ4n) is 5.47. The number of aliphatic hydroxyl groups excluding tert-OH is 1. The second kappa shape index (κ2) is 11.2. The monoisotopic (exact) mass is 488 g/mol. The van der Waals surface area contributed by atoms with E-state index in [1.165, 1.54) is 18.2 Å². The fourth-order valence-corrected chi connectivity index (χ4v) is 5.47. The molecule has 36 heavy (non-hydrogen) atoms. The number of nitrogens with one attached hydrogen (secondary N) is 1. The lowest BCUT2D eigenvalue weighted by molar-refractivity contribution is 0.0604. The molecule has 0 amide bonds. The number of nitrogens with zero attached hydrogens (tertiary/aromatic N) is 3. The van der Waals surface area contributed by atoms with Crippen LogP contribution in [0.2, 0.25) is 0 Å². The number of nitriles is 1. The summed E-state index contributed by atoms with van der Waals surface area (Å²) in [5.74, 6) is 0.730. The first-order chi connectivity index (χ1) is 17.4. The van der Waals surface area contributed by atoms with Crippen molar-refractivity contribution in [2.75, 3.05) is 38.3 Å². The standard InChI is InChI=1S/C29H36N4O3/c1-5-21-7-8-23(17-25(21)22-10-12-32(13-11-22)14-15-34)33(19(2)3)28-27(29(35)36-4)24-9-6-20(18-30)16-26(24)31-28/h6-9,16-17,19,22,31,34H,5,10-15H2,1-4H3. The number of aromatic nitrogens is 1. The highest BCUT2D eigenvalue weighted by Gasteiger charge is 2.28. The van der Waals surface area contributed by atoms with E-state index in [9.17, 15) is 15.2 Å². The van der Waals surface area contributed by atoms with Gasteiger partial charge in [-0.15, -0.1) is 0 Å². The number of carbonyl (C=O) groups is 1. The molecule has 4 rings (SSSR count). The first-order valence-corrected chi connectivity index (χ1v) is 12.8. The van der Waals surface area contributed by atoms with Gasteiger partial charge in [0.25, 0.3) is 0 Å². The fraction of sp³-hybridized carbons (Fsp3) is 0.448. The Balaban J connectivity index is 1.80. The number of piperidine rings is 1. The number of rotatable bonds is 8. The van der Waals surface area contributed by atoms with Crippen molar-refractivity contribution in [3.8, 4) is 6.07 Å². The Morgan fingerprint density at radius 3 is 2.61 bits per heavy atom. The number of aliphatic hydroxyl groups is 1. The van der Waals surface area contributed by atoms with Gasteiger partial charge in [0.15, 0.2) is 0 Å². The quantitative estimate of drug-likeness (QED) is 0.428. The third kappa shape index (κ3) is 4.97. The summed E-state index contributed by atoms with van der Waals surface area (Å²) in [6.07, 6.45) is 3.09. The molecule has 2 N–H and O–H groups in total. The van der Waals surface area contributed by atoms with Crippen molar-refractivity contribution < 1.29 is 14.6 Å². The Morgan fingerprint density at radius 1 is 1.25 bits per heavy atom. The van der Waals surface area contributed by atoms with Gasteiger partial charge in [-0.2, -0.15) is 5.26 Å². The first kappa shape index (κ1) is 25.7. The highest BCUT2D eigenvalue weighted by atomic mass is 16.5. The van der Waals surface area contributed by atoms with Crippen LogP contribution in [0.4, 0.5) is 11.5 Å². The van der Waals surface area contributed by atoms with E-state index in [-0.39, 0.29) is 12.6 Å². The molecule has 0 radical (unpaired) electrons. The molecule has 0 spiro atoms. The Labute approximate surface area is 213 Å². The normalized spacial score (nSPS) is 14.8. The van der Waals surface area contributed by atoms with E-state index in [1.807, 2.05) is 6.07 Å². The number of fused-ring (bicyclic) bond motifs is 1. The third-order valence-corrected chi connectivity index (χ3v) is 7.29. The van der Waals surface area contributed by atoms with Crippen LogP contribution in [-0.2, 0) is 11.2 Å². The van der Waals surface area contributed by atoms with Crippen LogP contribution in [0.5, 0.6) is 0 Å². The molecule has 1 aromatic heterocycles. The summed E-state index contributed by atoms with van der Waals surface area (Å²) < 4.78 is 5.18. The number of carbonyl (C=O) groups excluding carboxylic acids is 1. The van der Waals surface area contributed by atoms with Crippen molar-refractivity contribution >= 4 is 28.4 Å². The largest absolute Gasteiger partial charge is 0.465 e. The number of hydrogen-bond acceptors (Lipinski definition) is 6. The van der Waals surface area contributed by atoms with E-state index in [0.717, 1.165) is 55.5 Å². The molecule has 0 unspecified atom stereocenters. The van der Waals surface area contributed by atoms with Crippen LogP contribution >= 0.6 is 0 Å². The molecular formula is C29H36N4O3. The van der Waals surface area contributed by atoms with Crippen molar-refractivity contribution in [3.63, 3.8) is 0 Å². The molecular weight excluding hydrogens is 452 g/mol. The van der Waals surface area contributed by atoms with Crippen LogP contribution in [0.15, 0.2) is 36.4 Å². The zero-order valence-electron chi connectivity index (χ0n) is 21.7. The molecule has 1 fully saturated rings. The van der Waals surface area contributed by atoms with Crippen LogP contribution < -0.4 is 4.90 Å². The van der Waals surface area contributed by atoms with Crippen LogP contribution in [0.25, 0.3) is 10.9 Å². The molecule has 0 bridgehead atoms. The van der Waals surface area contributed by atoms with E-state index >= 15 is 0 Å². The van der Waals surface area contributed by atoms with Crippen LogP contribution in [0, 0.1) is 11.3 Å². The van der Waals surface area contributed by atoms with Crippen molar-refractivity contribution in [1.29, 1.82) is 5.26 Å². The number of hydrogen-bond donors (Lipinski definition) is 2. The average Bonchev–Trinajstić information content (AvgIpc) is 3.26. The van der Waals surface area contributed by atoms with Gasteiger partial charge in [-0.05, 0) is 87.5 Å². The van der Waals surface area contributed by atoms with Gasteiger partial charge in [0, 0.05) is 29.2 Å². The van der Waals surface area contributed by atoms with E-state index in [0.29, 0.717) is 22.9 Å². The molecule has 7 nitrogen and oxygen atoms in total. The molecule has 0 atom stereocenters. The minimum absolute atomic E-state index is 0.0589. The minimum Gasteiger partial charge on any atom is -0.465 e. The molecule has 0 saturated carbocycles. The molecule has 1 aliphatic heterocycles. The molecule has 0 aliphatic carbocycles. The topological polar surface area (TPSA) is 92.6 Å². The maximum absolute atomic E-state index is 13.0. The maximum Gasteiger partial charge on any atom is 0.342 e. The smallest absolute Gasteiger partial charge is 0.342 e. The number of β-amino-alcohol motifs (C(OH)–C–C–N with tert-alkyl or cyclic N) is 1. The Bertz CT molecular complexity index is 1270. The van der Waals surface area contributed by atoms with Gasteiger partial charge >= 0.3 is 5.97 Å². The first-order valence-electron chi connectivity index (χ1n) is 12.8. The zero-order chi connectivity index (χ0) is 25.8. The van der Waals surface area contributed by atoms with Crippen molar-refractivity contribution in [2.45, 2.75) is 52.0 Å². The number of ether oxygens (including phenoxy) is 1. The highest BCUT2D eigenvalue weighted by Crippen LogP contribution is 2.39. The molecule has 7 heteroatoms. The molecule has 1 aliphatic rings. The molecule has 3 aromatic rings. The lowest BCUT2D eigenvalue weighted by Crippen LogP contribution is -2.35. The predicted molar refractivity (Wildman–Crippen MR) is 143 cm³/mol. The number of H-pyrrole nitrogens is 1. The van der Waals surface area contributed by atoms with Crippen LogP contribution in [0.1, 0.15) is 66.6 Å². The zero-order valence-corrected chi connectivity index (χ0v) is 21.7. The van der Waals surface area contributed by atoms with Crippen molar-refractivity contribution in [2.24, 2.45) is 0 Å². The molecule has 1 saturated heterocycles. The van der Waals surface area contributed by atoms with E-state index in [2.05, 4.69) is 59.8 Å². The summed E-state index contributed by atoms with van der Waals surface area (Å²) in [4.78, 5) is 20.9. The highest BCUT2D eigenvalue weighted by molar-refractivity contribution is 6.10. The number of methoxy groups -OCH3 is 1. The lowest BCUT2D eigenvalue weighted by atomic mass is 9.85. The Morgan fingerprint density at radius 2 is 2.00 bits per heavy atom. The third-order valence-electron chi connectivity index (χ3n) is 7.29. The van der Waals surface area contributed by atoms with Gasteiger partial charge in [0.05, 0.1) is 25.3 Å². The lowest BCUT2D eigenvalue weighted by Gasteiger charge is -2.34. The van der Waals surface area contributed by atoms with Gasteiger partial charge in [0.2, 0.25) is 0 Å². The van der Waals surface area contributed by atoms with Gasteiger partial charge in [-0.1, -0.05) is 19.1 Å². The van der Waals surface area contributed by atoms with Crippen LogP contribution in [-0.4, -0.2) is 60.4 Å². The second-order valence-electron chi connectivity index (χ2n) is 9.75. The molecule has 190 valence electrons. The number of aromatic amines is 1. The SMILES string of the molecule is CCc1ccc(N(c2[nH]c3cc(C#N)ccc3c2C(=O)OC)C(C)C)cc1C1CCN(CCO)CC1. The number of likely N-dealkylation sites (tertiary alicyclic amines) is 1. The number of aryl methyl sites for hydroxylation is 1. The summed E-state index contributed by atoms with van der Waals surface area (Å²) in [5.41, 5.74) is 5.48. The number of anilines is 2. The van der Waals surface area contributed by atoms with Gasteiger partial charge in [-0.3, -0.25) is 0 Å². The van der Waals surface area contributed by atoms with E-state index in [4.69, 9.17) is 4.74 Å². The average molecular weight is 489 g/mol. The van der Waals surface area contributed by atoms with Gasteiger partial charge in [0.1, 0.15) is 11.4 Å². The second-order valence-corrected chi connectivity index (χ2v) is 9.75. The summed E-state index contributed by atoms with van der Waals surface area (Å²) in [6, 6.07) is 14.2. The Kier molecular flexibility index (Phi) is 7.97. The van der Waals surface area contributed by atoms with E-state index in [1.54, 1.807) is 12.1 Å². The minimum atomic E-state index is -0.409. The van der Waals surface area contributed by atoms with Crippen molar-refractivity contribution in [1.82, 2.24) is 9.88 Å². The summed E-state index contributed by atoms with van der Waals surface area (Å²) in [5, 5.41) is 19.4. The van der Waals surface area contributed by atoms with Crippen molar-refractivity contribution in [3.05, 3.63) is 58.7 Å². The van der Waals surface area contributed by atoms with Gasteiger partial charge in [-0.25, -0.2) is 4.79 Å². The number of benzene rings is 2. The van der Waals surface area contributed by atoms with E-state index < -0.39 is 5.97 Å². The van der Waals surface area contributed by atoms with Gasteiger partial charge < -0.3 is 24.6 Å². The number of esters is 1. The predicted octanol–water partition coefficient (Wildman–Crippen LogP) is 5.11. The van der Waals surface area contributed by atoms with Crippen LogP contribution in [0.3, 0.4) is 0 Å². The summed E-state index contributed by atoms with van der Waals surface area (Å²) >= 11 is 0. The molecule has 2 heterocycles. The summed E-state index contributed by atoms with van der Waals surface area (Å²) in [6.45, 7) is 9.32. The Hall–Kier alpha value is -3.34.